The van der Waals surface area contributed by atoms with Crippen LogP contribution in [0.1, 0.15) is 36.5 Å². The van der Waals surface area contributed by atoms with E-state index < -0.39 is 9.84 Å². The Labute approximate surface area is 153 Å². The van der Waals surface area contributed by atoms with Gasteiger partial charge in [0.1, 0.15) is 0 Å². The average molecular weight is 381 g/mol. The minimum atomic E-state index is -3.06. The first-order valence-electron chi connectivity index (χ1n) is 8.64. The first-order valence-corrected chi connectivity index (χ1v) is 10.5. The van der Waals surface area contributed by atoms with Gasteiger partial charge in [0, 0.05) is 17.6 Å². The van der Waals surface area contributed by atoms with Gasteiger partial charge in [-0.3, -0.25) is 9.59 Å². The van der Waals surface area contributed by atoms with Crippen molar-refractivity contribution in [1.29, 1.82) is 0 Å². The molecule has 142 valence electrons. The number of hydrogen-bond acceptors (Lipinski definition) is 6. The Morgan fingerprint density at radius 2 is 1.88 bits per heavy atom. The van der Waals surface area contributed by atoms with Gasteiger partial charge >= 0.3 is 0 Å². The molecule has 26 heavy (non-hydrogen) atoms. The van der Waals surface area contributed by atoms with E-state index in [2.05, 4.69) is 0 Å². The molecule has 2 aliphatic rings. The van der Waals surface area contributed by atoms with Gasteiger partial charge in [-0.25, -0.2) is 8.42 Å². The Balaban J connectivity index is 1.68. The summed E-state index contributed by atoms with van der Waals surface area (Å²) in [5.74, 6) is 0.620. The first-order chi connectivity index (χ1) is 12.3. The summed E-state index contributed by atoms with van der Waals surface area (Å²) in [6.07, 6.45) is 2.29. The largest absolute Gasteiger partial charge is 0.493 e. The second-order valence-corrected chi connectivity index (χ2v) is 9.03. The summed E-state index contributed by atoms with van der Waals surface area (Å²) in [4.78, 5) is 25.8. The molecule has 1 heterocycles. The number of benzene rings is 1. The number of hydrogen-bond donors (Lipinski definition) is 0. The van der Waals surface area contributed by atoms with Crippen LogP contribution in [0.4, 0.5) is 0 Å². The summed E-state index contributed by atoms with van der Waals surface area (Å²) in [6.45, 7) is 1.27. The third kappa shape index (κ3) is 4.17. The van der Waals surface area contributed by atoms with Gasteiger partial charge in [0.2, 0.25) is 0 Å². The molecule has 2 fully saturated rings. The number of nitrogens with zero attached hydrogens (tertiary/aromatic N) is 1. The standard InChI is InChI=1S/C18H23NO6S/c1-12(20)13-3-6-16(17(9-13)24-2)25-10-18(21)19(14-4-5-14)15-7-8-26(22,23)11-15/h3,6,9,14-15H,4-5,7-8,10-11H2,1-2H3/t15-/m1/s1. The van der Waals surface area contributed by atoms with Crippen molar-refractivity contribution in [2.24, 2.45) is 0 Å². The molecule has 7 nitrogen and oxygen atoms in total. The summed E-state index contributed by atoms with van der Waals surface area (Å²) < 4.78 is 34.3. The van der Waals surface area contributed by atoms with Crippen LogP contribution in [0.15, 0.2) is 18.2 Å². The average Bonchev–Trinajstić information content (AvgIpc) is 3.36. The molecule has 1 atom stereocenters. The molecule has 1 saturated heterocycles. The molecule has 1 amide bonds. The molecule has 1 aliphatic carbocycles. The molecule has 0 radical (unpaired) electrons. The summed E-state index contributed by atoms with van der Waals surface area (Å²) >= 11 is 0. The summed E-state index contributed by atoms with van der Waals surface area (Å²) in [6, 6.07) is 4.65. The molecule has 0 unspecified atom stereocenters. The summed E-state index contributed by atoms with van der Waals surface area (Å²) in [5, 5.41) is 0. The van der Waals surface area contributed by atoms with Crippen molar-refractivity contribution in [1.82, 2.24) is 4.90 Å². The predicted octanol–water partition coefficient (Wildman–Crippen LogP) is 1.45. The highest BCUT2D eigenvalue weighted by Crippen LogP contribution is 2.33. The topological polar surface area (TPSA) is 90.0 Å². The number of sulfone groups is 1. The van der Waals surface area contributed by atoms with E-state index in [1.54, 1.807) is 23.1 Å². The number of carbonyl (C=O) groups is 2. The zero-order valence-corrected chi connectivity index (χ0v) is 15.8. The Morgan fingerprint density at radius 1 is 1.15 bits per heavy atom. The SMILES string of the molecule is COc1cc(C(C)=O)ccc1OCC(=O)N(C1CC1)[C@@H]1CCS(=O)(=O)C1. The fourth-order valence-corrected chi connectivity index (χ4v) is 4.98. The number of rotatable bonds is 7. The van der Waals surface area contributed by atoms with E-state index in [9.17, 15) is 18.0 Å². The molecule has 0 N–H and O–H groups in total. The van der Waals surface area contributed by atoms with E-state index >= 15 is 0 Å². The summed E-state index contributed by atoms with van der Waals surface area (Å²) in [7, 11) is -1.59. The maximum Gasteiger partial charge on any atom is 0.261 e. The van der Waals surface area contributed by atoms with Crippen LogP contribution in [0.2, 0.25) is 0 Å². The third-order valence-electron chi connectivity index (χ3n) is 4.75. The number of Topliss-reactive ketones (excluding diaryl/α,β-unsaturated/α-hetero) is 1. The lowest BCUT2D eigenvalue weighted by Gasteiger charge is -2.28. The Hall–Kier alpha value is -2.09. The van der Waals surface area contributed by atoms with E-state index in [-0.39, 0.29) is 41.9 Å². The van der Waals surface area contributed by atoms with E-state index in [0.29, 0.717) is 23.5 Å². The van der Waals surface area contributed by atoms with Crippen LogP contribution >= 0.6 is 0 Å². The quantitative estimate of drug-likeness (QED) is 0.664. The van der Waals surface area contributed by atoms with Crippen LogP contribution < -0.4 is 9.47 Å². The summed E-state index contributed by atoms with van der Waals surface area (Å²) in [5.41, 5.74) is 0.497. The molecule has 1 aromatic carbocycles. The van der Waals surface area contributed by atoms with Crippen molar-refractivity contribution in [3.05, 3.63) is 23.8 Å². The highest BCUT2D eigenvalue weighted by atomic mass is 32.2. The first kappa shape index (κ1) is 18.7. The maximum absolute atomic E-state index is 12.7. The van der Waals surface area contributed by atoms with Gasteiger partial charge in [0.05, 0.1) is 18.6 Å². The number of ketones is 1. The molecule has 1 aromatic rings. The highest BCUT2D eigenvalue weighted by molar-refractivity contribution is 7.91. The van der Waals surface area contributed by atoms with E-state index in [4.69, 9.17) is 9.47 Å². The van der Waals surface area contributed by atoms with Crippen molar-refractivity contribution in [2.45, 2.75) is 38.3 Å². The number of amides is 1. The van der Waals surface area contributed by atoms with Crippen LogP contribution in [-0.4, -0.2) is 62.3 Å². The predicted molar refractivity (Wildman–Crippen MR) is 95.4 cm³/mol. The smallest absolute Gasteiger partial charge is 0.261 e. The van der Waals surface area contributed by atoms with Crippen molar-refractivity contribution in [3.63, 3.8) is 0 Å². The van der Waals surface area contributed by atoms with Crippen LogP contribution in [0.5, 0.6) is 11.5 Å². The molecule has 1 aliphatic heterocycles. The van der Waals surface area contributed by atoms with E-state index in [1.165, 1.54) is 14.0 Å². The van der Waals surface area contributed by atoms with Crippen molar-refractivity contribution < 1.29 is 27.5 Å². The Kier molecular flexibility index (Phi) is 5.22. The number of carbonyl (C=O) groups excluding carboxylic acids is 2. The van der Waals surface area contributed by atoms with E-state index in [0.717, 1.165) is 12.8 Å². The monoisotopic (exact) mass is 381 g/mol. The van der Waals surface area contributed by atoms with Crippen LogP contribution in [-0.2, 0) is 14.6 Å². The van der Waals surface area contributed by atoms with Crippen molar-refractivity contribution >= 4 is 21.5 Å². The van der Waals surface area contributed by atoms with Gasteiger partial charge in [-0.05, 0) is 44.4 Å². The second kappa shape index (κ2) is 7.26. The van der Waals surface area contributed by atoms with E-state index in [1.807, 2.05) is 0 Å². The molecular formula is C18H23NO6S. The molecule has 1 saturated carbocycles. The van der Waals surface area contributed by atoms with Crippen molar-refractivity contribution in [2.75, 3.05) is 25.2 Å². The fraction of sp³-hybridized carbons (Fsp3) is 0.556. The zero-order chi connectivity index (χ0) is 18.9. The van der Waals surface area contributed by atoms with Gasteiger partial charge in [-0.2, -0.15) is 0 Å². The number of methoxy groups -OCH3 is 1. The lowest BCUT2D eigenvalue weighted by atomic mass is 10.1. The molecule has 0 bridgehead atoms. The van der Waals surface area contributed by atoms with Crippen LogP contribution in [0.25, 0.3) is 0 Å². The maximum atomic E-state index is 12.7. The van der Waals surface area contributed by atoms with Crippen molar-refractivity contribution in [3.8, 4) is 11.5 Å². The molecular weight excluding hydrogens is 358 g/mol. The Bertz CT molecular complexity index is 815. The fourth-order valence-electron chi connectivity index (χ4n) is 3.27. The minimum absolute atomic E-state index is 0.0336. The highest BCUT2D eigenvalue weighted by Gasteiger charge is 2.42. The van der Waals surface area contributed by atoms with Gasteiger partial charge in [0.15, 0.2) is 33.7 Å². The molecule has 3 rings (SSSR count). The third-order valence-corrected chi connectivity index (χ3v) is 6.50. The zero-order valence-electron chi connectivity index (χ0n) is 14.9. The number of ether oxygens (including phenoxy) is 2. The lowest BCUT2D eigenvalue weighted by molar-refractivity contribution is -0.135. The molecule has 0 aromatic heterocycles. The molecule has 0 spiro atoms. The minimum Gasteiger partial charge on any atom is -0.493 e. The molecule has 8 heteroatoms. The normalized spacial score (nSPS) is 21.2. The van der Waals surface area contributed by atoms with Gasteiger partial charge < -0.3 is 14.4 Å². The van der Waals surface area contributed by atoms with Crippen LogP contribution in [0, 0.1) is 0 Å². The van der Waals surface area contributed by atoms with Gasteiger partial charge in [-0.15, -0.1) is 0 Å². The van der Waals surface area contributed by atoms with Crippen LogP contribution in [0.3, 0.4) is 0 Å². The van der Waals surface area contributed by atoms with Gasteiger partial charge in [0.25, 0.3) is 5.91 Å². The second-order valence-electron chi connectivity index (χ2n) is 6.80. The Morgan fingerprint density at radius 3 is 2.42 bits per heavy atom. The lowest BCUT2D eigenvalue weighted by Crippen LogP contribution is -2.45. The van der Waals surface area contributed by atoms with Gasteiger partial charge in [-0.1, -0.05) is 0 Å².